The van der Waals surface area contributed by atoms with Gasteiger partial charge in [0, 0.05) is 36.2 Å². The van der Waals surface area contributed by atoms with Gasteiger partial charge in [-0.2, -0.15) is 0 Å². The number of amides is 2. The summed E-state index contributed by atoms with van der Waals surface area (Å²) in [6.45, 7) is 2.37. The molecule has 0 bridgehead atoms. The van der Waals surface area contributed by atoms with Crippen molar-refractivity contribution in [3.8, 4) is 0 Å². The number of nitrogens with zero attached hydrogens (tertiary/aromatic N) is 2. The molecule has 0 saturated carbocycles. The molecule has 6 heteroatoms. The summed E-state index contributed by atoms with van der Waals surface area (Å²) in [4.78, 5) is 30.4. The maximum atomic E-state index is 13.5. The molecule has 0 spiro atoms. The zero-order valence-corrected chi connectivity index (χ0v) is 13.6. The van der Waals surface area contributed by atoms with Gasteiger partial charge in [-0.25, -0.2) is 4.39 Å². The highest BCUT2D eigenvalue weighted by molar-refractivity contribution is 6.06. The second kappa shape index (κ2) is 6.55. The third-order valence-electron chi connectivity index (χ3n) is 4.46. The fourth-order valence-electron chi connectivity index (χ4n) is 3.38. The SMILES string of the molecule is Cc1cc(C(=O)N2CCCC[C@H]2CC(N)=O)c2ccc(F)cc2n1. The lowest BCUT2D eigenvalue weighted by molar-refractivity contribution is -0.119. The fraction of sp³-hybridized carbons (Fsp3) is 0.389. The first kappa shape index (κ1) is 16.4. The van der Waals surface area contributed by atoms with Crippen molar-refractivity contribution in [1.82, 2.24) is 9.88 Å². The number of nitrogens with two attached hydrogens (primary N) is 1. The van der Waals surface area contributed by atoms with Crippen LogP contribution >= 0.6 is 0 Å². The molecular formula is C18H20FN3O2. The van der Waals surface area contributed by atoms with Crippen molar-refractivity contribution < 1.29 is 14.0 Å². The first-order chi connectivity index (χ1) is 11.5. The average molecular weight is 329 g/mol. The zero-order chi connectivity index (χ0) is 17.3. The molecule has 1 aliphatic heterocycles. The molecule has 2 N–H and O–H groups in total. The molecule has 1 fully saturated rings. The van der Waals surface area contributed by atoms with Crippen LogP contribution in [-0.4, -0.2) is 34.3 Å². The quantitative estimate of drug-likeness (QED) is 0.940. The van der Waals surface area contributed by atoms with Crippen molar-refractivity contribution >= 4 is 22.7 Å². The van der Waals surface area contributed by atoms with E-state index in [4.69, 9.17) is 5.73 Å². The van der Waals surface area contributed by atoms with Crippen molar-refractivity contribution in [3.63, 3.8) is 0 Å². The van der Waals surface area contributed by atoms with Gasteiger partial charge in [-0.15, -0.1) is 0 Å². The summed E-state index contributed by atoms with van der Waals surface area (Å²) < 4.78 is 13.5. The number of carbonyl (C=O) groups is 2. The van der Waals surface area contributed by atoms with Crippen LogP contribution in [0.25, 0.3) is 10.9 Å². The molecule has 126 valence electrons. The summed E-state index contributed by atoms with van der Waals surface area (Å²) in [5.41, 5.74) is 6.93. The lowest BCUT2D eigenvalue weighted by atomic mass is 9.97. The van der Waals surface area contributed by atoms with Gasteiger partial charge in [0.05, 0.1) is 11.1 Å². The molecule has 2 amide bonds. The summed E-state index contributed by atoms with van der Waals surface area (Å²) >= 11 is 0. The van der Waals surface area contributed by atoms with Gasteiger partial charge in [-0.1, -0.05) is 0 Å². The standard InChI is InChI=1S/C18H20FN3O2/c1-11-8-15(14-6-5-12(19)9-16(14)21-11)18(24)22-7-3-2-4-13(22)10-17(20)23/h5-6,8-9,13H,2-4,7,10H2,1H3,(H2,20,23)/t13-/m0/s1. The van der Waals surface area contributed by atoms with E-state index >= 15 is 0 Å². The van der Waals surface area contributed by atoms with Gasteiger partial charge in [0.15, 0.2) is 0 Å². The Morgan fingerprint density at radius 1 is 1.33 bits per heavy atom. The number of fused-ring (bicyclic) bond motifs is 1. The molecule has 0 aliphatic carbocycles. The molecule has 0 radical (unpaired) electrons. The number of aromatic nitrogens is 1. The van der Waals surface area contributed by atoms with Crippen LogP contribution in [-0.2, 0) is 4.79 Å². The van der Waals surface area contributed by atoms with Gasteiger partial charge >= 0.3 is 0 Å². The van der Waals surface area contributed by atoms with Gasteiger partial charge in [0.25, 0.3) is 5.91 Å². The number of benzene rings is 1. The monoisotopic (exact) mass is 329 g/mol. The number of hydrogen-bond donors (Lipinski definition) is 1. The predicted octanol–water partition coefficient (Wildman–Crippen LogP) is 2.55. The predicted molar refractivity (Wildman–Crippen MR) is 88.9 cm³/mol. The van der Waals surface area contributed by atoms with Crippen molar-refractivity contribution in [2.24, 2.45) is 5.73 Å². The van der Waals surface area contributed by atoms with Crippen molar-refractivity contribution in [2.75, 3.05) is 6.54 Å². The van der Waals surface area contributed by atoms with E-state index in [0.717, 1.165) is 19.3 Å². The van der Waals surface area contributed by atoms with Gasteiger partial charge in [-0.05, 0) is 44.4 Å². The van der Waals surface area contributed by atoms with E-state index in [1.54, 1.807) is 24.0 Å². The topological polar surface area (TPSA) is 76.3 Å². The minimum atomic E-state index is -0.405. The molecule has 1 aromatic carbocycles. The Labute approximate surface area is 139 Å². The third kappa shape index (κ3) is 3.22. The van der Waals surface area contributed by atoms with Gasteiger partial charge in [-0.3, -0.25) is 14.6 Å². The maximum absolute atomic E-state index is 13.5. The summed E-state index contributed by atoms with van der Waals surface area (Å²) in [5.74, 6) is -0.941. The molecule has 3 rings (SSSR count). The Kier molecular flexibility index (Phi) is 4.46. The van der Waals surface area contributed by atoms with E-state index in [1.165, 1.54) is 12.1 Å². The Hall–Kier alpha value is -2.50. The molecule has 1 aromatic heterocycles. The number of primary amides is 1. The largest absolute Gasteiger partial charge is 0.370 e. The van der Waals surface area contributed by atoms with Gasteiger partial charge < -0.3 is 10.6 Å². The van der Waals surface area contributed by atoms with Crippen LogP contribution < -0.4 is 5.73 Å². The van der Waals surface area contributed by atoms with Crippen LogP contribution in [0.5, 0.6) is 0 Å². The Morgan fingerprint density at radius 2 is 2.12 bits per heavy atom. The first-order valence-corrected chi connectivity index (χ1v) is 8.12. The summed E-state index contributed by atoms with van der Waals surface area (Å²) in [6, 6.07) is 5.78. The van der Waals surface area contributed by atoms with Crippen LogP contribution in [0.3, 0.4) is 0 Å². The normalized spacial score (nSPS) is 17.9. The molecule has 2 aromatic rings. The molecule has 1 saturated heterocycles. The average Bonchev–Trinajstić information content (AvgIpc) is 2.53. The lowest BCUT2D eigenvalue weighted by Crippen LogP contribution is -2.45. The second-order valence-corrected chi connectivity index (χ2v) is 6.29. The minimum Gasteiger partial charge on any atom is -0.370 e. The van der Waals surface area contributed by atoms with E-state index in [-0.39, 0.29) is 24.2 Å². The van der Waals surface area contributed by atoms with E-state index in [9.17, 15) is 14.0 Å². The number of aryl methyl sites for hydroxylation is 1. The van der Waals surface area contributed by atoms with Crippen LogP contribution in [0, 0.1) is 12.7 Å². The molecular weight excluding hydrogens is 309 g/mol. The Balaban J connectivity index is 2.02. The molecule has 5 nitrogen and oxygen atoms in total. The highest BCUT2D eigenvalue weighted by Crippen LogP contribution is 2.26. The zero-order valence-electron chi connectivity index (χ0n) is 13.6. The van der Waals surface area contributed by atoms with Gasteiger partial charge in [0.1, 0.15) is 5.82 Å². The number of piperidine rings is 1. The van der Waals surface area contributed by atoms with Crippen LogP contribution in [0.15, 0.2) is 24.3 Å². The number of halogens is 1. The Bertz CT molecular complexity index is 801. The van der Waals surface area contributed by atoms with Gasteiger partial charge in [0.2, 0.25) is 5.91 Å². The number of carbonyl (C=O) groups excluding carboxylic acids is 2. The summed E-state index contributed by atoms with van der Waals surface area (Å²) in [6.07, 6.45) is 2.81. The van der Waals surface area contributed by atoms with E-state index in [1.807, 2.05) is 0 Å². The highest BCUT2D eigenvalue weighted by Gasteiger charge is 2.29. The number of rotatable bonds is 3. The lowest BCUT2D eigenvalue weighted by Gasteiger charge is -2.35. The highest BCUT2D eigenvalue weighted by atomic mass is 19.1. The molecule has 2 heterocycles. The van der Waals surface area contributed by atoms with Crippen molar-refractivity contribution in [3.05, 3.63) is 41.3 Å². The maximum Gasteiger partial charge on any atom is 0.254 e. The molecule has 24 heavy (non-hydrogen) atoms. The third-order valence-corrected chi connectivity index (χ3v) is 4.46. The van der Waals surface area contributed by atoms with E-state index < -0.39 is 5.91 Å². The van der Waals surface area contributed by atoms with Crippen molar-refractivity contribution in [1.29, 1.82) is 0 Å². The van der Waals surface area contributed by atoms with Crippen molar-refractivity contribution in [2.45, 2.75) is 38.6 Å². The minimum absolute atomic E-state index is 0.150. The summed E-state index contributed by atoms with van der Waals surface area (Å²) in [7, 11) is 0. The fourth-order valence-corrected chi connectivity index (χ4v) is 3.38. The smallest absolute Gasteiger partial charge is 0.254 e. The molecule has 1 atom stereocenters. The second-order valence-electron chi connectivity index (χ2n) is 6.29. The number of hydrogen-bond acceptors (Lipinski definition) is 3. The summed E-state index contributed by atoms with van der Waals surface area (Å²) in [5, 5.41) is 0.621. The number of likely N-dealkylation sites (tertiary alicyclic amines) is 1. The van der Waals surface area contributed by atoms with Crippen LogP contribution in [0.1, 0.15) is 41.7 Å². The van der Waals surface area contributed by atoms with Crippen LogP contribution in [0.4, 0.5) is 4.39 Å². The molecule has 1 aliphatic rings. The first-order valence-electron chi connectivity index (χ1n) is 8.12. The van der Waals surface area contributed by atoms with E-state index in [0.29, 0.717) is 28.7 Å². The van der Waals surface area contributed by atoms with Crippen LogP contribution in [0.2, 0.25) is 0 Å². The molecule has 0 unspecified atom stereocenters. The number of pyridine rings is 1. The van der Waals surface area contributed by atoms with E-state index in [2.05, 4.69) is 4.98 Å². The Morgan fingerprint density at radius 3 is 2.88 bits per heavy atom.